The number of rotatable bonds is 6. The molecular formula is C32H19F7N2O. The minimum Gasteiger partial charge on any atom is -0.429 e. The molecule has 0 aliphatic carbocycles. The molecular weight excluding hydrogens is 561 g/mol. The first kappa shape index (κ1) is 29.9. The second-order valence-corrected chi connectivity index (χ2v) is 8.73. The highest BCUT2D eigenvalue weighted by molar-refractivity contribution is 5.48. The van der Waals surface area contributed by atoms with Crippen molar-refractivity contribution >= 4 is 0 Å². The van der Waals surface area contributed by atoms with Crippen LogP contribution in [0.15, 0.2) is 73.1 Å². The van der Waals surface area contributed by atoms with Crippen molar-refractivity contribution in [2.24, 2.45) is 0 Å². The first-order chi connectivity index (χ1) is 20.1. The van der Waals surface area contributed by atoms with Crippen LogP contribution in [0, 0.1) is 52.8 Å². The molecule has 3 aromatic carbocycles. The van der Waals surface area contributed by atoms with Crippen LogP contribution in [-0.4, -0.2) is 9.97 Å². The Morgan fingerprint density at radius 1 is 0.762 bits per heavy atom. The highest BCUT2D eigenvalue weighted by Crippen LogP contribution is 2.34. The van der Waals surface area contributed by atoms with E-state index in [1.165, 1.54) is 12.1 Å². The SMILES string of the molecule is C/C=C/CCc1cnc(C#Cc2ccc(C#Cc3ccc(C(F)(F)Oc4cc(F)c(F)c(F)c4)c(F)c3)c(F)c2)nc1. The molecule has 0 spiro atoms. The molecule has 10 heteroatoms. The summed E-state index contributed by atoms with van der Waals surface area (Å²) in [6.45, 7) is 1.94. The lowest BCUT2D eigenvalue weighted by Crippen LogP contribution is -2.23. The van der Waals surface area contributed by atoms with Gasteiger partial charge in [-0.1, -0.05) is 29.9 Å². The predicted octanol–water partition coefficient (Wildman–Crippen LogP) is 7.61. The lowest BCUT2D eigenvalue weighted by Gasteiger charge is -2.19. The maximum absolute atomic E-state index is 14.6. The van der Waals surface area contributed by atoms with Gasteiger partial charge in [0.05, 0.1) is 5.56 Å². The molecule has 3 nitrogen and oxygen atoms in total. The number of hydrogen-bond acceptors (Lipinski definition) is 3. The number of halogens is 7. The molecule has 212 valence electrons. The third-order valence-electron chi connectivity index (χ3n) is 5.66. The van der Waals surface area contributed by atoms with Gasteiger partial charge in [0.1, 0.15) is 22.9 Å². The van der Waals surface area contributed by atoms with E-state index in [4.69, 9.17) is 0 Å². The summed E-state index contributed by atoms with van der Waals surface area (Å²) in [5, 5.41) is 0. The number of hydrogen-bond donors (Lipinski definition) is 0. The lowest BCUT2D eigenvalue weighted by molar-refractivity contribution is -0.187. The Bertz CT molecular complexity index is 1740. The van der Waals surface area contributed by atoms with E-state index in [9.17, 15) is 30.7 Å². The van der Waals surface area contributed by atoms with Crippen LogP contribution in [0.2, 0.25) is 0 Å². The molecule has 0 atom stereocenters. The highest BCUT2D eigenvalue weighted by atomic mass is 19.3. The van der Waals surface area contributed by atoms with Gasteiger partial charge in [-0.2, -0.15) is 8.78 Å². The standard InChI is InChI=1S/C32H19F7N2O/c1-2-3-4-5-22-18-40-30(41-19-22)13-9-21-7-11-23(26(33)14-21)10-6-20-8-12-25(27(34)15-20)32(38,39)42-24-16-28(35)31(37)29(36)17-24/h2-3,7-8,11-12,14-19H,4-5H2,1H3/b3-2+. The molecule has 0 radical (unpaired) electrons. The summed E-state index contributed by atoms with van der Waals surface area (Å²) in [7, 11) is 0. The van der Waals surface area contributed by atoms with Gasteiger partial charge in [0.15, 0.2) is 17.5 Å². The molecule has 0 fully saturated rings. The van der Waals surface area contributed by atoms with Gasteiger partial charge in [-0.3, -0.25) is 0 Å². The first-order valence-electron chi connectivity index (χ1n) is 12.3. The smallest absolute Gasteiger partial charge is 0.429 e. The highest BCUT2D eigenvalue weighted by Gasteiger charge is 2.38. The third-order valence-corrected chi connectivity index (χ3v) is 5.66. The van der Waals surface area contributed by atoms with Crippen molar-refractivity contribution in [1.82, 2.24) is 9.97 Å². The molecule has 0 bridgehead atoms. The van der Waals surface area contributed by atoms with E-state index in [2.05, 4.69) is 38.4 Å². The Morgan fingerprint density at radius 3 is 2.00 bits per heavy atom. The topological polar surface area (TPSA) is 35.0 Å². The van der Waals surface area contributed by atoms with Crippen LogP contribution in [0.5, 0.6) is 5.75 Å². The number of alkyl halides is 2. The van der Waals surface area contributed by atoms with E-state index in [0.29, 0.717) is 17.7 Å². The van der Waals surface area contributed by atoms with E-state index < -0.39 is 46.5 Å². The zero-order valence-electron chi connectivity index (χ0n) is 21.8. The maximum Gasteiger partial charge on any atom is 0.429 e. The number of nitrogens with zero attached hydrogens (tertiary/aromatic N) is 2. The Hall–Kier alpha value is -5.09. The Labute approximate surface area is 236 Å². The number of benzene rings is 3. The van der Waals surface area contributed by atoms with Crippen LogP contribution in [-0.2, 0) is 12.5 Å². The molecule has 0 saturated carbocycles. The number of aryl methyl sites for hydroxylation is 1. The Kier molecular flexibility index (Phi) is 9.28. The maximum atomic E-state index is 14.6. The molecule has 0 N–H and O–H groups in total. The molecule has 0 amide bonds. The van der Waals surface area contributed by atoms with Crippen LogP contribution in [0.3, 0.4) is 0 Å². The molecule has 4 aromatic rings. The van der Waals surface area contributed by atoms with Crippen molar-refractivity contribution in [2.45, 2.75) is 25.9 Å². The van der Waals surface area contributed by atoms with E-state index >= 15 is 0 Å². The largest absolute Gasteiger partial charge is 0.429 e. The summed E-state index contributed by atoms with van der Waals surface area (Å²) in [6, 6.07) is 6.75. The number of allylic oxidation sites excluding steroid dienone is 2. The molecule has 0 aliphatic heterocycles. The van der Waals surface area contributed by atoms with Gasteiger partial charge in [-0.25, -0.2) is 31.9 Å². The molecule has 0 aliphatic rings. The third kappa shape index (κ3) is 7.55. The number of aromatic nitrogens is 2. The van der Waals surface area contributed by atoms with Crippen molar-refractivity contribution in [2.75, 3.05) is 0 Å². The molecule has 1 heterocycles. The minimum absolute atomic E-state index is 0.0548. The van der Waals surface area contributed by atoms with Crippen LogP contribution in [0.25, 0.3) is 0 Å². The van der Waals surface area contributed by atoms with E-state index in [-0.39, 0.29) is 29.1 Å². The zero-order valence-corrected chi connectivity index (χ0v) is 21.8. The van der Waals surface area contributed by atoms with Crippen LogP contribution < -0.4 is 4.74 Å². The Balaban J connectivity index is 1.45. The van der Waals surface area contributed by atoms with Crippen molar-refractivity contribution in [3.05, 3.63) is 136 Å². The first-order valence-corrected chi connectivity index (χ1v) is 12.3. The zero-order chi connectivity index (χ0) is 30.3. The monoisotopic (exact) mass is 580 g/mol. The summed E-state index contributed by atoms with van der Waals surface area (Å²) in [5.41, 5.74) is -0.0965. The summed E-state index contributed by atoms with van der Waals surface area (Å²) in [6.07, 6.45) is 4.66. The van der Waals surface area contributed by atoms with Crippen molar-refractivity contribution in [1.29, 1.82) is 0 Å². The number of ether oxygens (including phenoxy) is 1. The minimum atomic E-state index is -4.37. The van der Waals surface area contributed by atoms with Crippen LogP contribution in [0.4, 0.5) is 30.7 Å². The summed E-state index contributed by atoms with van der Waals surface area (Å²) in [5.74, 6) is 2.15. The molecule has 0 saturated heterocycles. The van der Waals surface area contributed by atoms with Gasteiger partial charge in [0.2, 0.25) is 5.82 Å². The summed E-state index contributed by atoms with van der Waals surface area (Å²) < 4.78 is 102. The molecule has 4 rings (SSSR count). The van der Waals surface area contributed by atoms with Gasteiger partial charge < -0.3 is 4.74 Å². The average Bonchev–Trinajstić information content (AvgIpc) is 2.94. The summed E-state index contributed by atoms with van der Waals surface area (Å²) >= 11 is 0. The fourth-order valence-electron chi connectivity index (χ4n) is 3.55. The average molecular weight is 581 g/mol. The van der Waals surface area contributed by atoms with Crippen molar-refractivity contribution in [3.63, 3.8) is 0 Å². The molecule has 0 unspecified atom stereocenters. The second-order valence-electron chi connectivity index (χ2n) is 8.73. The van der Waals surface area contributed by atoms with Gasteiger partial charge >= 0.3 is 6.11 Å². The van der Waals surface area contributed by atoms with E-state index in [1.807, 2.05) is 19.1 Å². The second kappa shape index (κ2) is 13.0. The molecule has 1 aromatic heterocycles. The van der Waals surface area contributed by atoms with Gasteiger partial charge in [0, 0.05) is 35.7 Å². The van der Waals surface area contributed by atoms with Crippen molar-refractivity contribution in [3.8, 4) is 29.4 Å². The van der Waals surface area contributed by atoms with Gasteiger partial charge in [0.25, 0.3) is 0 Å². The Morgan fingerprint density at radius 2 is 1.38 bits per heavy atom. The molecule has 42 heavy (non-hydrogen) atoms. The van der Waals surface area contributed by atoms with Gasteiger partial charge in [-0.05, 0) is 67.6 Å². The fourth-order valence-corrected chi connectivity index (χ4v) is 3.55. The van der Waals surface area contributed by atoms with Crippen molar-refractivity contribution < 1.29 is 35.5 Å². The normalized spacial score (nSPS) is 11.0. The quantitative estimate of drug-likeness (QED) is 0.102. The van der Waals surface area contributed by atoms with Crippen LogP contribution >= 0.6 is 0 Å². The lowest BCUT2D eigenvalue weighted by atomic mass is 10.1. The van der Waals surface area contributed by atoms with E-state index in [1.54, 1.807) is 12.4 Å². The van der Waals surface area contributed by atoms with Crippen LogP contribution in [0.1, 0.15) is 47.0 Å². The predicted molar refractivity (Wildman–Crippen MR) is 141 cm³/mol. The summed E-state index contributed by atoms with van der Waals surface area (Å²) in [4.78, 5) is 8.36. The fraction of sp³-hybridized carbons (Fsp3) is 0.125. The van der Waals surface area contributed by atoms with Gasteiger partial charge in [-0.15, -0.1) is 0 Å². The van der Waals surface area contributed by atoms with E-state index in [0.717, 1.165) is 30.5 Å².